The fraction of sp³-hybridized carbons (Fsp3) is 0.240. The summed E-state index contributed by atoms with van der Waals surface area (Å²) in [6.07, 6.45) is 6.20. The summed E-state index contributed by atoms with van der Waals surface area (Å²) < 4.78 is 11.2. The van der Waals surface area contributed by atoms with E-state index in [0.29, 0.717) is 59.5 Å². The quantitative estimate of drug-likeness (QED) is 0.666. The second-order valence-electron chi connectivity index (χ2n) is 7.49. The molecular formula is C25H24ClNO4. The van der Waals surface area contributed by atoms with Crippen LogP contribution in [0.15, 0.2) is 77.9 Å². The number of fused-ring (bicyclic) bond motifs is 2. The summed E-state index contributed by atoms with van der Waals surface area (Å²) in [6, 6.07) is 12.4. The number of halogens is 1. The summed E-state index contributed by atoms with van der Waals surface area (Å²) in [5, 5.41) is 12.4. The molecular weight excluding hydrogens is 414 g/mol. The van der Waals surface area contributed by atoms with E-state index in [4.69, 9.17) is 21.1 Å². The van der Waals surface area contributed by atoms with E-state index in [9.17, 15) is 9.90 Å². The van der Waals surface area contributed by atoms with Crippen LogP contribution >= 0.6 is 11.6 Å². The van der Waals surface area contributed by atoms with Gasteiger partial charge in [-0.3, -0.25) is 4.79 Å². The van der Waals surface area contributed by atoms with Crippen molar-refractivity contribution in [3.8, 4) is 11.5 Å². The Bertz CT molecular complexity index is 1090. The number of hydrogen-bond donors (Lipinski definition) is 1. The topological polar surface area (TPSA) is 59.0 Å². The maximum atomic E-state index is 13.6. The molecule has 6 heteroatoms. The Balaban J connectivity index is 1.72. The van der Waals surface area contributed by atoms with Gasteiger partial charge in [0.2, 0.25) is 0 Å². The minimum absolute atomic E-state index is 0.293. The Morgan fingerprint density at radius 1 is 1.19 bits per heavy atom. The number of anilines is 1. The van der Waals surface area contributed by atoms with Gasteiger partial charge in [-0.25, -0.2) is 0 Å². The Morgan fingerprint density at radius 3 is 2.68 bits per heavy atom. The van der Waals surface area contributed by atoms with Crippen LogP contribution < -0.4 is 14.4 Å². The van der Waals surface area contributed by atoms with Gasteiger partial charge in [-0.1, -0.05) is 60.7 Å². The van der Waals surface area contributed by atoms with Crippen molar-refractivity contribution < 1.29 is 19.4 Å². The van der Waals surface area contributed by atoms with Crippen LogP contribution in [0.5, 0.6) is 11.5 Å². The van der Waals surface area contributed by atoms with Gasteiger partial charge in [-0.15, -0.1) is 0 Å². The van der Waals surface area contributed by atoms with Crippen molar-refractivity contribution in [2.24, 2.45) is 0 Å². The molecule has 31 heavy (non-hydrogen) atoms. The van der Waals surface area contributed by atoms with Gasteiger partial charge in [-0.2, -0.15) is 0 Å². The number of hydrogen-bond acceptors (Lipinski definition) is 4. The van der Waals surface area contributed by atoms with E-state index >= 15 is 0 Å². The minimum Gasteiger partial charge on any atom is -0.486 e. The first kappa shape index (κ1) is 21.2. The average Bonchev–Trinajstić information content (AvgIpc) is 3.00. The third-order valence-corrected chi connectivity index (χ3v) is 5.64. The van der Waals surface area contributed by atoms with Crippen molar-refractivity contribution in [2.45, 2.75) is 18.9 Å². The van der Waals surface area contributed by atoms with Crippen LogP contribution in [0.2, 0.25) is 0 Å². The molecule has 2 aliphatic heterocycles. The smallest absolute Gasteiger partial charge is 0.268 e. The van der Waals surface area contributed by atoms with Crippen molar-refractivity contribution in [1.29, 1.82) is 0 Å². The number of rotatable bonds is 6. The lowest BCUT2D eigenvalue weighted by atomic mass is 9.87. The van der Waals surface area contributed by atoms with Gasteiger partial charge in [0.15, 0.2) is 17.1 Å². The first-order valence-corrected chi connectivity index (χ1v) is 10.5. The fourth-order valence-electron chi connectivity index (χ4n) is 3.91. The van der Waals surface area contributed by atoms with Crippen LogP contribution in [0.4, 0.5) is 5.69 Å². The highest BCUT2D eigenvalue weighted by molar-refractivity contribution is 6.29. The monoisotopic (exact) mass is 437 g/mol. The molecule has 1 amide bonds. The molecule has 2 heterocycles. The lowest BCUT2D eigenvalue weighted by Gasteiger charge is -2.26. The Morgan fingerprint density at radius 2 is 1.94 bits per heavy atom. The maximum Gasteiger partial charge on any atom is 0.268 e. The molecule has 0 aromatic heterocycles. The molecule has 0 saturated heterocycles. The van der Waals surface area contributed by atoms with Crippen molar-refractivity contribution >= 4 is 23.2 Å². The molecule has 2 aliphatic rings. The predicted molar refractivity (Wildman–Crippen MR) is 122 cm³/mol. The number of aliphatic hydroxyl groups is 1. The Labute approximate surface area is 186 Å². The standard InChI is InChI=1S/C25H24ClNO4/c1-3-18(8-6-7-17(2)26)16-27-21-10-5-4-9-20(21)25(29,24(27)28)19-11-12-22-23(15-19)31-14-13-30-22/h3-5,7-12,15,29H,1,6,13-14,16H2,2H3/b17-7+,18-8+. The lowest BCUT2D eigenvalue weighted by Crippen LogP contribution is -2.41. The molecule has 4 rings (SSSR count). The van der Waals surface area contributed by atoms with Gasteiger partial charge >= 0.3 is 0 Å². The van der Waals surface area contributed by atoms with Gasteiger partial charge in [-0.05, 0) is 37.1 Å². The molecule has 2 aromatic carbocycles. The molecule has 1 unspecified atom stereocenters. The molecule has 0 saturated carbocycles. The highest BCUT2D eigenvalue weighted by atomic mass is 35.5. The summed E-state index contributed by atoms with van der Waals surface area (Å²) in [6.45, 7) is 6.88. The molecule has 1 N–H and O–H groups in total. The third-order valence-electron chi connectivity index (χ3n) is 5.48. The number of para-hydroxylation sites is 1. The van der Waals surface area contributed by atoms with Gasteiger partial charge in [0.25, 0.3) is 5.91 Å². The molecule has 1 atom stereocenters. The molecule has 160 valence electrons. The molecule has 0 fully saturated rings. The van der Waals surface area contributed by atoms with Crippen molar-refractivity contribution in [1.82, 2.24) is 0 Å². The Kier molecular flexibility index (Phi) is 5.90. The molecule has 0 spiro atoms. The third kappa shape index (κ3) is 3.87. The number of carbonyl (C=O) groups is 1. The van der Waals surface area contributed by atoms with Crippen LogP contribution in [0.25, 0.3) is 0 Å². The van der Waals surface area contributed by atoms with Crippen molar-refractivity contribution in [3.63, 3.8) is 0 Å². The molecule has 2 aromatic rings. The van der Waals surface area contributed by atoms with E-state index in [-0.39, 0.29) is 0 Å². The van der Waals surface area contributed by atoms with E-state index in [1.807, 2.05) is 37.3 Å². The molecule has 0 radical (unpaired) electrons. The summed E-state index contributed by atoms with van der Waals surface area (Å²) in [5.41, 5.74) is 0.703. The lowest BCUT2D eigenvalue weighted by molar-refractivity contribution is -0.132. The average molecular weight is 438 g/mol. The second kappa shape index (κ2) is 8.61. The minimum atomic E-state index is -1.81. The normalized spacial score (nSPS) is 20.6. The SMILES string of the molecule is C=C/C(=C\C/C=C(\C)Cl)CN1C(=O)C(O)(c2ccc3c(c2)OCCO3)c2ccccc21. The highest BCUT2D eigenvalue weighted by Gasteiger charge is 2.51. The summed E-state index contributed by atoms with van der Waals surface area (Å²) in [4.78, 5) is 15.2. The van der Waals surface area contributed by atoms with Gasteiger partial charge in [0.1, 0.15) is 13.2 Å². The largest absolute Gasteiger partial charge is 0.486 e. The second-order valence-corrected chi connectivity index (χ2v) is 8.08. The van der Waals surface area contributed by atoms with Crippen LogP contribution in [-0.2, 0) is 10.4 Å². The summed E-state index contributed by atoms with van der Waals surface area (Å²) in [5.74, 6) is 0.715. The van der Waals surface area contributed by atoms with E-state index in [1.54, 1.807) is 35.2 Å². The van der Waals surface area contributed by atoms with Gasteiger partial charge < -0.3 is 19.5 Å². The van der Waals surface area contributed by atoms with Crippen molar-refractivity contribution in [3.05, 3.63) is 89.0 Å². The van der Waals surface area contributed by atoms with E-state index in [0.717, 1.165) is 5.57 Å². The van der Waals surface area contributed by atoms with Gasteiger partial charge in [0, 0.05) is 16.2 Å². The van der Waals surface area contributed by atoms with Crippen LogP contribution in [0.3, 0.4) is 0 Å². The zero-order valence-electron chi connectivity index (χ0n) is 17.3. The van der Waals surface area contributed by atoms with E-state index in [2.05, 4.69) is 6.58 Å². The van der Waals surface area contributed by atoms with Gasteiger partial charge in [0.05, 0.1) is 12.2 Å². The number of amides is 1. The number of carbonyl (C=O) groups excluding carboxylic acids is 1. The maximum absolute atomic E-state index is 13.6. The summed E-state index contributed by atoms with van der Waals surface area (Å²) >= 11 is 5.91. The van der Waals surface area contributed by atoms with Crippen LogP contribution in [-0.4, -0.2) is 30.8 Å². The van der Waals surface area contributed by atoms with E-state index in [1.165, 1.54) is 0 Å². The summed E-state index contributed by atoms with van der Waals surface area (Å²) in [7, 11) is 0. The zero-order valence-corrected chi connectivity index (χ0v) is 18.1. The predicted octanol–water partition coefficient (Wildman–Crippen LogP) is 4.69. The number of ether oxygens (including phenoxy) is 2. The fourth-order valence-corrected chi connectivity index (χ4v) is 4.00. The zero-order chi connectivity index (χ0) is 22.0. The van der Waals surface area contributed by atoms with Crippen molar-refractivity contribution in [2.75, 3.05) is 24.7 Å². The molecule has 0 aliphatic carbocycles. The van der Waals surface area contributed by atoms with Crippen LogP contribution in [0.1, 0.15) is 24.5 Å². The first-order chi connectivity index (χ1) is 14.9. The number of benzene rings is 2. The number of nitrogens with zero attached hydrogens (tertiary/aromatic N) is 1. The highest BCUT2D eigenvalue weighted by Crippen LogP contribution is 2.46. The van der Waals surface area contributed by atoms with E-state index < -0.39 is 11.5 Å². The number of allylic oxidation sites excluding steroid dienone is 3. The molecule has 5 nitrogen and oxygen atoms in total. The van der Waals surface area contributed by atoms with Crippen LogP contribution in [0, 0.1) is 0 Å². The first-order valence-electron chi connectivity index (χ1n) is 10.1. The Hall–Kier alpha value is -3.02. The molecule has 0 bridgehead atoms.